The Balaban J connectivity index is 0. The van der Waals surface area contributed by atoms with Crippen LogP contribution >= 0.6 is 0 Å². The Morgan fingerprint density at radius 3 is 1.57 bits per heavy atom. The highest BCUT2D eigenvalue weighted by Gasteiger charge is 1.38. The zero-order chi connectivity index (χ0) is 6.12. The summed E-state index contributed by atoms with van der Waals surface area (Å²) in [5.74, 6) is 0. The largest absolute Gasteiger partial charge is 0.216 e. The van der Waals surface area contributed by atoms with E-state index in [1.807, 2.05) is 0 Å². The van der Waals surface area contributed by atoms with Crippen molar-refractivity contribution in [3.05, 3.63) is 25.3 Å². The van der Waals surface area contributed by atoms with Crippen molar-refractivity contribution in [1.82, 2.24) is 0 Å². The SMILES string of the molecule is C=CF.CC=CF. The minimum Gasteiger partial charge on any atom is -0.216 e. The van der Waals surface area contributed by atoms with E-state index in [2.05, 4.69) is 6.58 Å². The van der Waals surface area contributed by atoms with Crippen molar-refractivity contribution in [2.24, 2.45) is 0 Å². The fraction of sp³-hybridized carbons (Fsp3) is 0.200. The number of hydrogen-bond acceptors (Lipinski definition) is 0. The maximum atomic E-state index is 10.5. The smallest absolute Gasteiger partial charge is 0.0824 e. The molecule has 0 aromatic carbocycles. The van der Waals surface area contributed by atoms with Crippen molar-refractivity contribution >= 4 is 0 Å². The molecule has 0 saturated heterocycles. The zero-order valence-electron chi connectivity index (χ0n) is 4.20. The van der Waals surface area contributed by atoms with Gasteiger partial charge in [-0.05, 0) is 6.92 Å². The highest BCUT2D eigenvalue weighted by molar-refractivity contribution is 4.61. The number of hydrogen-bond donors (Lipinski definition) is 0. The van der Waals surface area contributed by atoms with Crippen LogP contribution in [0.1, 0.15) is 6.92 Å². The van der Waals surface area contributed by atoms with Crippen molar-refractivity contribution in [2.75, 3.05) is 0 Å². The Labute approximate surface area is 42.2 Å². The van der Waals surface area contributed by atoms with E-state index in [0.717, 1.165) is 0 Å². The van der Waals surface area contributed by atoms with Crippen molar-refractivity contribution in [3.63, 3.8) is 0 Å². The third-order valence-corrected chi connectivity index (χ3v) is 0.126. The first-order valence-electron chi connectivity index (χ1n) is 1.76. The standard InChI is InChI=1S/C3H5F.C2H3F/c1-2-3-4;1-2-3/h2-3H,1H3;2H,1H2. The summed E-state index contributed by atoms with van der Waals surface area (Å²) in [4.78, 5) is 0. The first kappa shape index (κ1) is 9.60. The maximum Gasteiger partial charge on any atom is 0.0824 e. The molecule has 0 aliphatic heterocycles. The molecule has 0 saturated carbocycles. The average molecular weight is 106 g/mol. The molecule has 0 aromatic heterocycles. The molecule has 0 aliphatic rings. The van der Waals surface area contributed by atoms with Crippen LogP contribution in [0.3, 0.4) is 0 Å². The summed E-state index contributed by atoms with van der Waals surface area (Å²) in [6.45, 7) is 4.32. The van der Waals surface area contributed by atoms with Gasteiger partial charge in [-0.1, -0.05) is 12.7 Å². The van der Waals surface area contributed by atoms with Gasteiger partial charge in [-0.15, -0.1) is 0 Å². The molecule has 2 heteroatoms. The highest BCUT2D eigenvalue weighted by atomic mass is 19.1. The lowest BCUT2D eigenvalue weighted by Crippen LogP contribution is -1.22. The summed E-state index contributed by atoms with van der Waals surface area (Å²) in [5, 5.41) is 0. The quantitative estimate of drug-likeness (QED) is 0.445. The summed E-state index contributed by atoms with van der Waals surface area (Å²) in [6, 6.07) is 0. The minimum absolute atomic E-state index is 0.250. The molecular formula is C5H8F2. The van der Waals surface area contributed by atoms with Crippen LogP contribution in [0.4, 0.5) is 8.78 Å². The molecule has 0 radical (unpaired) electrons. The Hall–Kier alpha value is -0.660. The Bertz CT molecular complexity index is 44.0. The zero-order valence-corrected chi connectivity index (χ0v) is 4.20. The fourth-order valence-electron chi connectivity index (χ4n) is 0. The summed E-state index contributed by atoms with van der Waals surface area (Å²) in [7, 11) is 0. The summed E-state index contributed by atoms with van der Waals surface area (Å²) in [6.07, 6.45) is 2.08. The molecular weight excluding hydrogens is 98.1 g/mol. The lowest BCUT2D eigenvalue weighted by Gasteiger charge is -1.45. The third kappa shape index (κ3) is 515. The lowest BCUT2D eigenvalue weighted by molar-refractivity contribution is 0.719. The van der Waals surface area contributed by atoms with E-state index in [-0.39, 0.29) is 6.33 Å². The van der Waals surface area contributed by atoms with Gasteiger partial charge in [-0.2, -0.15) is 0 Å². The van der Waals surface area contributed by atoms with E-state index in [4.69, 9.17) is 0 Å². The van der Waals surface area contributed by atoms with E-state index in [0.29, 0.717) is 6.33 Å². The van der Waals surface area contributed by atoms with Crippen LogP contribution in [-0.2, 0) is 0 Å². The van der Waals surface area contributed by atoms with Gasteiger partial charge in [0.1, 0.15) is 0 Å². The molecule has 0 amide bonds. The number of halogens is 2. The van der Waals surface area contributed by atoms with Crippen LogP contribution in [0.2, 0.25) is 0 Å². The average Bonchev–Trinajstić information content (AvgIpc) is 1.69. The van der Waals surface area contributed by atoms with Gasteiger partial charge >= 0.3 is 0 Å². The van der Waals surface area contributed by atoms with Crippen LogP contribution in [-0.4, -0.2) is 0 Å². The summed E-state index contributed by atoms with van der Waals surface area (Å²) < 4.78 is 20.6. The predicted octanol–water partition coefficient (Wildman–Crippen LogP) is 2.59. The molecule has 0 aliphatic carbocycles. The van der Waals surface area contributed by atoms with Gasteiger partial charge in [0.15, 0.2) is 0 Å². The number of rotatable bonds is 0. The second-order valence-corrected chi connectivity index (χ2v) is 0.614. The fourth-order valence-corrected chi connectivity index (χ4v) is 0. The maximum absolute atomic E-state index is 10.5. The predicted molar refractivity (Wildman–Crippen MR) is 27.2 cm³/mol. The van der Waals surface area contributed by atoms with E-state index in [1.54, 1.807) is 6.92 Å². The topological polar surface area (TPSA) is 0 Å². The van der Waals surface area contributed by atoms with Crippen LogP contribution in [0.5, 0.6) is 0 Å². The first-order chi connectivity index (χ1) is 3.33. The Morgan fingerprint density at radius 1 is 1.43 bits per heavy atom. The Kier molecular flexibility index (Phi) is 25.2. The van der Waals surface area contributed by atoms with E-state index in [9.17, 15) is 8.78 Å². The van der Waals surface area contributed by atoms with Crippen molar-refractivity contribution < 1.29 is 8.78 Å². The third-order valence-electron chi connectivity index (χ3n) is 0.126. The minimum atomic E-state index is 0.250. The van der Waals surface area contributed by atoms with Crippen LogP contribution in [0, 0.1) is 0 Å². The van der Waals surface area contributed by atoms with Crippen molar-refractivity contribution in [2.45, 2.75) is 6.92 Å². The summed E-state index contributed by atoms with van der Waals surface area (Å²) >= 11 is 0. The van der Waals surface area contributed by atoms with E-state index >= 15 is 0 Å². The van der Waals surface area contributed by atoms with Gasteiger partial charge in [-0.25, -0.2) is 8.78 Å². The van der Waals surface area contributed by atoms with Gasteiger partial charge in [0, 0.05) is 0 Å². The van der Waals surface area contributed by atoms with Gasteiger partial charge in [0.25, 0.3) is 0 Å². The molecule has 7 heavy (non-hydrogen) atoms. The normalized spacial score (nSPS) is 7.29. The molecule has 0 atom stereocenters. The van der Waals surface area contributed by atoms with E-state index in [1.165, 1.54) is 6.08 Å². The van der Waals surface area contributed by atoms with E-state index < -0.39 is 0 Å². The molecule has 0 heterocycles. The van der Waals surface area contributed by atoms with Crippen LogP contribution in [0.25, 0.3) is 0 Å². The second-order valence-electron chi connectivity index (χ2n) is 0.614. The number of allylic oxidation sites excluding steroid dienone is 1. The lowest BCUT2D eigenvalue weighted by atomic mass is 10.8. The molecule has 0 nitrogen and oxygen atoms in total. The highest BCUT2D eigenvalue weighted by Crippen LogP contribution is 1.62. The molecule has 0 spiro atoms. The molecule has 0 bridgehead atoms. The van der Waals surface area contributed by atoms with Crippen LogP contribution in [0.15, 0.2) is 25.3 Å². The second kappa shape index (κ2) is 18.4. The molecule has 0 aromatic rings. The Morgan fingerprint density at radius 2 is 1.57 bits per heavy atom. The molecule has 0 N–H and O–H groups in total. The van der Waals surface area contributed by atoms with Gasteiger partial charge in [0.05, 0.1) is 12.7 Å². The van der Waals surface area contributed by atoms with Crippen molar-refractivity contribution in [3.8, 4) is 0 Å². The first-order valence-corrected chi connectivity index (χ1v) is 1.76. The molecule has 0 fully saturated rings. The molecule has 0 unspecified atom stereocenters. The van der Waals surface area contributed by atoms with Gasteiger partial charge < -0.3 is 0 Å². The van der Waals surface area contributed by atoms with Gasteiger partial charge in [0.2, 0.25) is 0 Å². The molecule has 42 valence electrons. The summed E-state index contributed by atoms with van der Waals surface area (Å²) in [5.41, 5.74) is 0. The molecule has 0 rings (SSSR count). The van der Waals surface area contributed by atoms with Crippen LogP contribution < -0.4 is 0 Å². The van der Waals surface area contributed by atoms with Crippen molar-refractivity contribution in [1.29, 1.82) is 0 Å². The van der Waals surface area contributed by atoms with Gasteiger partial charge in [-0.3, -0.25) is 0 Å². The monoisotopic (exact) mass is 106 g/mol.